The highest BCUT2D eigenvalue weighted by molar-refractivity contribution is 7.99. The average molecular weight is 146 g/mol. The molecule has 0 aromatic heterocycles. The van der Waals surface area contributed by atoms with E-state index in [1.54, 1.807) is 0 Å². The van der Waals surface area contributed by atoms with E-state index in [0.717, 1.165) is 0 Å². The van der Waals surface area contributed by atoms with Crippen molar-refractivity contribution < 1.29 is 9.59 Å². The molecular weight excluding hydrogens is 140 g/mol. The van der Waals surface area contributed by atoms with Gasteiger partial charge in [0.1, 0.15) is 5.37 Å². The first-order valence-electron chi connectivity index (χ1n) is 2.45. The van der Waals surface area contributed by atoms with Crippen LogP contribution in [0.3, 0.4) is 0 Å². The molecule has 0 aromatic carbocycles. The number of carbonyl (C=O) groups excluding carboxylic acids is 2. The standard InChI is InChI=1S/C4H6N2O2S/c7-1-3(8)4-5-2-6-9-4/h1,4-6H,2H2. The van der Waals surface area contributed by atoms with Crippen molar-refractivity contribution in [1.29, 1.82) is 0 Å². The third-order valence-electron chi connectivity index (χ3n) is 0.935. The van der Waals surface area contributed by atoms with Crippen LogP contribution in [0.2, 0.25) is 0 Å². The van der Waals surface area contributed by atoms with Crippen LogP contribution in [0.15, 0.2) is 0 Å². The zero-order chi connectivity index (χ0) is 6.69. The third-order valence-corrected chi connectivity index (χ3v) is 1.88. The zero-order valence-electron chi connectivity index (χ0n) is 4.59. The van der Waals surface area contributed by atoms with E-state index in [4.69, 9.17) is 0 Å². The summed E-state index contributed by atoms with van der Waals surface area (Å²) in [5, 5.41) is 2.41. The van der Waals surface area contributed by atoms with Gasteiger partial charge in [-0.25, -0.2) is 4.72 Å². The summed E-state index contributed by atoms with van der Waals surface area (Å²) >= 11 is 1.23. The van der Waals surface area contributed by atoms with E-state index in [1.807, 2.05) is 0 Å². The summed E-state index contributed by atoms with van der Waals surface area (Å²) in [5.41, 5.74) is 0. The molecule has 0 aromatic rings. The lowest BCUT2D eigenvalue weighted by molar-refractivity contribution is -0.129. The third kappa shape index (κ3) is 1.51. The van der Waals surface area contributed by atoms with Gasteiger partial charge in [0.05, 0.1) is 6.67 Å². The van der Waals surface area contributed by atoms with Gasteiger partial charge in [-0.3, -0.25) is 14.9 Å². The van der Waals surface area contributed by atoms with Gasteiger partial charge in [-0.2, -0.15) is 0 Å². The van der Waals surface area contributed by atoms with Gasteiger partial charge in [-0.15, -0.1) is 0 Å². The molecule has 4 nitrogen and oxygen atoms in total. The molecule has 0 spiro atoms. The minimum atomic E-state index is -0.412. The van der Waals surface area contributed by atoms with Crippen LogP contribution in [0, 0.1) is 0 Å². The quantitative estimate of drug-likeness (QED) is 0.293. The molecule has 1 fully saturated rings. The minimum absolute atomic E-state index is 0.331. The molecule has 50 valence electrons. The van der Waals surface area contributed by atoms with E-state index in [0.29, 0.717) is 13.0 Å². The monoisotopic (exact) mass is 146 g/mol. The summed E-state index contributed by atoms with van der Waals surface area (Å²) in [6.45, 7) is 0.578. The van der Waals surface area contributed by atoms with E-state index in [1.165, 1.54) is 11.9 Å². The molecule has 0 saturated carbocycles. The Hall–Kier alpha value is -0.390. The highest BCUT2D eigenvalue weighted by atomic mass is 32.2. The number of Topliss-reactive ketones (excluding diaryl/α,β-unsaturated/α-hetero) is 1. The van der Waals surface area contributed by atoms with Gasteiger partial charge in [0, 0.05) is 0 Å². The Morgan fingerprint density at radius 1 is 1.78 bits per heavy atom. The summed E-state index contributed by atoms with van der Waals surface area (Å²) in [4.78, 5) is 20.4. The molecule has 5 heteroatoms. The Labute approximate surface area is 56.5 Å². The second-order valence-corrected chi connectivity index (χ2v) is 2.54. The number of aldehydes is 1. The van der Waals surface area contributed by atoms with Crippen molar-refractivity contribution in [3.8, 4) is 0 Å². The van der Waals surface area contributed by atoms with Crippen LogP contribution in [-0.4, -0.2) is 24.1 Å². The smallest absolute Gasteiger partial charge is 0.223 e. The van der Waals surface area contributed by atoms with E-state index in [2.05, 4.69) is 10.0 Å². The lowest BCUT2D eigenvalue weighted by Crippen LogP contribution is -2.29. The van der Waals surface area contributed by atoms with Gasteiger partial charge in [0.15, 0.2) is 6.29 Å². The van der Waals surface area contributed by atoms with Crippen LogP contribution in [0.1, 0.15) is 0 Å². The van der Waals surface area contributed by atoms with E-state index >= 15 is 0 Å². The molecule has 1 rings (SSSR count). The van der Waals surface area contributed by atoms with Crippen LogP contribution >= 0.6 is 11.9 Å². The highest BCUT2D eigenvalue weighted by Crippen LogP contribution is 2.07. The van der Waals surface area contributed by atoms with Gasteiger partial charge in [-0.1, -0.05) is 11.9 Å². The second kappa shape index (κ2) is 2.95. The molecule has 2 N–H and O–H groups in total. The van der Waals surface area contributed by atoms with Crippen molar-refractivity contribution in [2.45, 2.75) is 5.37 Å². The Morgan fingerprint density at radius 3 is 3.00 bits per heavy atom. The maximum absolute atomic E-state index is 10.5. The van der Waals surface area contributed by atoms with Crippen molar-refractivity contribution >= 4 is 24.0 Å². The number of rotatable bonds is 2. The zero-order valence-corrected chi connectivity index (χ0v) is 5.40. The maximum Gasteiger partial charge on any atom is 0.223 e. The average Bonchev–Trinajstić information content (AvgIpc) is 2.37. The summed E-state index contributed by atoms with van der Waals surface area (Å²) in [6.07, 6.45) is 0.331. The fraction of sp³-hybridized carbons (Fsp3) is 0.500. The SMILES string of the molecule is O=CC(=O)C1NCNS1. The van der Waals surface area contributed by atoms with E-state index in [-0.39, 0.29) is 5.37 Å². The Morgan fingerprint density at radius 2 is 2.56 bits per heavy atom. The van der Waals surface area contributed by atoms with Crippen molar-refractivity contribution in [1.82, 2.24) is 10.0 Å². The summed E-state index contributed by atoms with van der Waals surface area (Å²) < 4.78 is 2.81. The first kappa shape index (κ1) is 6.73. The lowest BCUT2D eigenvalue weighted by atomic mass is 10.4. The molecule has 0 bridgehead atoms. The Balaban J connectivity index is 2.41. The van der Waals surface area contributed by atoms with Gasteiger partial charge < -0.3 is 0 Å². The number of hydrogen-bond donors (Lipinski definition) is 2. The fourth-order valence-electron chi connectivity index (χ4n) is 0.521. The summed E-state index contributed by atoms with van der Waals surface area (Å²) in [6, 6.07) is 0. The summed E-state index contributed by atoms with van der Waals surface area (Å²) in [7, 11) is 0. The molecule has 1 saturated heterocycles. The first-order valence-corrected chi connectivity index (χ1v) is 3.33. The number of hydrogen-bond acceptors (Lipinski definition) is 5. The molecule has 9 heavy (non-hydrogen) atoms. The number of carbonyl (C=O) groups is 2. The maximum atomic E-state index is 10.5. The van der Waals surface area contributed by atoms with Gasteiger partial charge >= 0.3 is 0 Å². The van der Waals surface area contributed by atoms with Crippen LogP contribution in [0.5, 0.6) is 0 Å². The molecule has 1 aliphatic heterocycles. The number of ketones is 1. The normalized spacial score (nSPS) is 26.0. The molecule has 1 aliphatic rings. The molecule has 1 heterocycles. The molecule has 1 atom stereocenters. The van der Waals surface area contributed by atoms with Gasteiger partial charge in [-0.05, 0) is 0 Å². The Kier molecular flexibility index (Phi) is 2.21. The van der Waals surface area contributed by atoms with Crippen molar-refractivity contribution in [3.63, 3.8) is 0 Å². The van der Waals surface area contributed by atoms with Crippen LogP contribution in [-0.2, 0) is 9.59 Å². The van der Waals surface area contributed by atoms with Gasteiger partial charge in [0.25, 0.3) is 0 Å². The molecule has 0 aliphatic carbocycles. The molecule has 0 amide bonds. The van der Waals surface area contributed by atoms with E-state index in [9.17, 15) is 9.59 Å². The lowest BCUT2D eigenvalue weighted by Gasteiger charge is -1.97. The van der Waals surface area contributed by atoms with Crippen LogP contribution in [0.25, 0.3) is 0 Å². The highest BCUT2D eigenvalue weighted by Gasteiger charge is 2.21. The Bertz CT molecular complexity index is 133. The predicted molar refractivity (Wildman–Crippen MR) is 33.6 cm³/mol. The molecular formula is C4H6N2O2S. The first-order chi connectivity index (χ1) is 4.34. The largest absolute Gasteiger partial charge is 0.295 e. The van der Waals surface area contributed by atoms with Gasteiger partial charge in [0.2, 0.25) is 5.78 Å². The topological polar surface area (TPSA) is 58.2 Å². The summed E-state index contributed by atoms with van der Waals surface area (Å²) in [5.74, 6) is -0.412. The minimum Gasteiger partial charge on any atom is -0.295 e. The van der Waals surface area contributed by atoms with Crippen molar-refractivity contribution in [2.75, 3.05) is 6.67 Å². The second-order valence-electron chi connectivity index (χ2n) is 1.54. The van der Waals surface area contributed by atoms with Crippen LogP contribution < -0.4 is 10.0 Å². The van der Waals surface area contributed by atoms with Crippen molar-refractivity contribution in [2.24, 2.45) is 0 Å². The molecule has 1 unspecified atom stereocenters. The predicted octanol–water partition coefficient (Wildman–Crippen LogP) is -1.12. The van der Waals surface area contributed by atoms with Crippen molar-refractivity contribution in [3.05, 3.63) is 0 Å². The fourth-order valence-corrected chi connectivity index (χ4v) is 1.19. The molecule has 0 radical (unpaired) electrons. The number of nitrogens with one attached hydrogen (secondary N) is 2. The van der Waals surface area contributed by atoms with E-state index < -0.39 is 5.78 Å². The van der Waals surface area contributed by atoms with Crippen LogP contribution in [0.4, 0.5) is 0 Å².